The molecule has 0 amide bonds. The molecule has 2 rings (SSSR count). The maximum Gasteiger partial charge on any atom is 0.340 e. The zero-order chi connectivity index (χ0) is 14.0. The van der Waals surface area contributed by atoms with Crippen molar-refractivity contribution in [2.45, 2.75) is 13.5 Å². The van der Waals surface area contributed by atoms with E-state index in [0.29, 0.717) is 22.8 Å². The summed E-state index contributed by atoms with van der Waals surface area (Å²) in [6.45, 7) is 2.22. The van der Waals surface area contributed by atoms with Gasteiger partial charge in [-0.15, -0.1) is 0 Å². The summed E-state index contributed by atoms with van der Waals surface area (Å²) in [5, 5.41) is 4.84. The van der Waals surface area contributed by atoms with Crippen LogP contribution < -0.4 is 5.73 Å². The molecule has 0 aliphatic heterocycles. The van der Waals surface area contributed by atoms with Crippen molar-refractivity contribution in [2.24, 2.45) is 0 Å². The van der Waals surface area contributed by atoms with Crippen LogP contribution in [0.4, 0.5) is 5.69 Å². The quantitative estimate of drug-likeness (QED) is 0.691. The molecule has 0 fully saturated rings. The minimum absolute atomic E-state index is 0.370. The molecule has 19 heavy (non-hydrogen) atoms. The van der Waals surface area contributed by atoms with E-state index in [2.05, 4.69) is 5.10 Å². The number of nitrogens with zero attached hydrogens (tertiary/aromatic N) is 2. The Balaban J connectivity index is 2.39. The average molecular weight is 280 g/mol. The molecule has 6 heteroatoms. The Morgan fingerprint density at radius 1 is 1.53 bits per heavy atom. The van der Waals surface area contributed by atoms with Crippen molar-refractivity contribution in [1.29, 1.82) is 0 Å². The second-order valence-electron chi connectivity index (χ2n) is 4.13. The molecule has 0 saturated carbocycles. The summed E-state index contributed by atoms with van der Waals surface area (Å²) in [6.07, 6.45) is 1.71. The van der Waals surface area contributed by atoms with E-state index in [1.54, 1.807) is 23.0 Å². The van der Waals surface area contributed by atoms with Crippen molar-refractivity contribution in [3.8, 4) is 0 Å². The van der Waals surface area contributed by atoms with Crippen molar-refractivity contribution in [1.82, 2.24) is 9.78 Å². The normalized spacial score (nSPS) is 10.5. The van der Waals surface area contributed by atoms with E-state index >= 15 is 0 Å². The van der Waals surface area contributed by atoms with Crippen LogP contribution in [0.5, 0.6) is 0 Å². The molecule has 2 aromatic rings. The van der Waals surface area contributed by atoms with E-state index in [4.69, 9.17) is 22.1 Å². The second kappa shape index (κ2) is 5.32. The maximum absolute atomic E-state index is 11.8. The lowest BCUT2D eigenvalue weighted by Crippen LogP contribution is -2.12. The maximum atomic E-state index is 11.8. The second-order valence-corrected chi connectivity index (χ2v) is 4.54. The van der Waals surface area contributed by atoms with Gasteiger partial charge in [-0.05, 0) is 18.6 Å². The third-order valence-electron chi connectivity index (χ3n) is 2.79. The van der Waals surface area contributed by atoms with Crippen molar-refractivity contribution in [2.75, 3.05) is 12.8 Å². The number of benzene rings is 1. The van der Waals surface area contributed by atoms with Crippen LogP contribution in [0.25, 0.3) is 0 Å². The van der Waals surface area contributed by atoms with Gasteiger partial charge in [-0.2, -0.15) is 5.10 Å². The highest BCUT2D eigenvalue weighted by molar-refractivity contribution is 6.31. The number of carbonyl (C=O) groups is 1. The Morgan fingerprint density at radius 3 is 2.84 bits per heavy atom. The van der Waals surface area contributed by atoms with Crippen LogP contribution in [0.2, 0.25) is 5.02 Å². The summed E-state index contributed by atoms with van der Waals surface area (Å²) in [4.78, 5) is 11.8. The molecule has 1 heterocycles. The van der Waals surface area contributed by atoms with E-state index in [9.17, 15) is 4.79 Å². The standard InChI is InChI=1S/C13H14ClN3O2/c1-8-10(14)7-17(16-8)6-9-4-3-5-11(15)12(9)13(18)19-2/h3-5,7H,6,15H2,1-2H3. The van der Waals surface area contributed by atoms with Crippen LogP contribution in [0.1, 0.15) is 21.6 Å². The van der Waals surface area contributed by atoms with Crippen LogP contribution in [0.15, 0.2) is 24.4 Å². The molecule has 0 unspecified atom stereocenters. The molecular formula is C13H14ClN3O2. The molecule has 0 aliphatic rings. The van der Waals surface area contributed by atoms with Crippen molar-refractivity contribution < 1.29 is 9.53 Å². The number of nitrogens with two attached hydrogens (primary N) is 1. The minimum atomic E-state index is -0.455. The molecule has 0 radical (unpaired) electrons. The van der Waals surface area contributed by atoms with Gasteiger partial charge in [0.25, 0.3) is 0 Å². The number of rotatable bonds is 3. The first-order valence-corrected chi connectivity index (χ1v) is 6.06. The van der Waals surface area contributed by atoms with Gasteiger partial charge in [0.15, 0.2) is 0 Å². The van der Waals surface area contributed by atoms with Crippen LogP contribution in [0, 0.1) is 6.92 Å². The minimum Gasteiger partial charge on any atom is -0.465 e. The van der Waals surface area contributed by atoms with Crippen molar-refractivity contribution >= 4 is 23.3 Å². The summed E-state index contributed by atoms with van der Waals surface area (Å²) < 4.78 is 6.42. The smallest absolute Gasteiger partial charge is 0.340 e. The summed E-state index contributed by atoms with van der Waals surface area (Å²) >= 11 is 5.96. The van der Waals surface area contributed by atoms with Crippen LogP contribution in [0.3, 0.4) is 0 Å². The first-order valence-electron chi connectivity index (χ1n) is 5.68. The molecule has 0 spiro atoms. The first-order chi connectivity index (χ1) is 9.02. The predicted octanol–water partition coefficient (Wildman–Crippen LogP) is 2.26. The Bertz CT molecular complexity index is 603. The Hall–Kier alpha value is -2.01. The third kappa shape index (κ3) is 2.71. The zero-order valence-electron chi connectivity index (χ0n) is 10.7. The fourth-order valence-electron chi connectivity index (χ4n) is 1.85. The Kier molecular flexibility index (Phi) is 3.76. The van der Waals surface area contributed by atoms with Gasteiger partial charge in [-0.3, -0.25) is 4.68 Å². The van der Waals surface area contributed by atoms with Gasteiger partial charge in [0.05, 0.1) is 29.9 Å². The van der Waals surface area contributed by atoms with Crippen LogP contribution in [-0.4, -0.2) is 22.9 Å². The number of carbonyl (C=O) groups excluding carboxylic acids is 1. The van der Waals surface area contributed by atoms with E-state index in [1.165, 1.54) is 7.11 Å². The van der Waals surface area contributed by atoms with Gasteiger partial charge in [-0.25, -0.2) is 4.79 Å². The van der Waals surface area contributed by atoms with E-state index in [-0.39, 0.29) is 0 Å². The highest BCUT2D eigenvalue weighted by Gasteiger charge is 2.16. The number of hydrogen-bond donors (Lipinski definition) is 1. The highest BCUT2D eigenvalue weighted by atomic mass is 35.5. The summed E-state index contributed by atoms with van der Waals surface area (Å²) in [6, 6.07) is 5.26. The molecule has 0 bridgehead atoms. The topological polar surface area (TPSA) is 70.1 Å². The number of aromatic nitrogens is 2. The number of hydrogen-bond acceptors (Lipinski definition) is 4. The van der Waals surface area contributed by atoms with E-state index in [1.807, 2.05) is 13.0 Å². The molecule has 1 aromatic heterocycles. The Labute approximate surface area is 115 Å². The number of anilines is 1. The number of aryl methyl sites for hydroxylation is 1. The molecule has 5 nitrogen and oxygen atoms in total. The van der Waals surface area contributed by atoms with Gasteiger partial charge in [-0.1, -0.05) is 23.7 Å². The number of halogens is 1. The van der Waals surface area contributed by atoms with Gasteiger partial charge >= 0.3 is 5.97 Å². The Morgan fingerprint density at radius 2 is 2.26 bits per heavy atom. The van der Waals surface area contributed by atoms with E-state index in [0.717, 1.165) is 11.3 Å². The molecule has 0 aliphatic carbocycles. The SMILES string of the molecule is COC(=O)c1c(N)cccc1Cn1cc(Cl)c(C)n1. The molecule has 0 atom stereocenters. The number of ether oxygens (including phenoxy) is 1. The van der Waals surface area contributed by atoms with Crippen LogP contribution >= 0.6 is 11.6 Å². The highest BCUT2D eigenvalue weighted by Crippen LogP contribution is 2.20. The largest absolute Gasteiger partial charge is 0.465 e. The molecule has 1 aromatic carbocycles. The van der Waals surface area contributed by atoms with Crippen molar-refractivity contribution in [3.63, 3.8) is 0 Å². The zero-order valence-corrected chi connectivity index (χ0v) is 11.4. The molecule has 0 saturated heterocycles. The van der Waals surface area contributed by atoms with Crippen LogP contribution in [-0.2, 0) is 11.3 Å². The lowest BCUT2D eigenvalue weighted by molar-refractivity contribution is 0.0600. The lowest BCUT2D eigenvalue weighted by Gasteiger charge is -2.10. The summed E-state index contributed by atoms with van der Waals surface area (Å²) in [7, 11) is 1.33. The first kappa shape index (κ1) is 13.4. The summed E-state index contributed by atoms with van der Waals surface area (Å²) in [5.41, 5.74) is 8.07. The molecule has 100 valence electrons. The lowest BCUT2D eigenvalue weighted by atomic mass is 10.1. The molecular weight excluding hydrogens is 266 g/mol. The third-order valence-corrected chi connectivity index (χ3v) is 3.16. The van der Waals surface area contributed by atoms with Gasteiger partial charge in [0.1, 0.15) is 0 Å². The van der Waals surface area contributed by atoms with Crippen molar-refractivity contribution in [3.05, 3.63) is 46.2 Å². The van der Waals surface area contributed by atoms with E-state index < -0.39 is 5.97 Å². The fraction of sp³-hybridized carbons (Fsp3) is 0.231. The number of nitrogen functional groups attached to an aromatic ring is 1. The fourth-order valence-corrected chi connectivity index (χ4v) is 2.00. The number of esters is 1. The monoisotopic (exact) mass is 279 g/mol. The summed E-state index contributed by atoms with van der Waals surface area (Å²) in [5.74, 6) is -0.455. The number of methoxy groups -OCH3 is 1. The van der Waals surface area contributed by atoms with Gasteiger partial charge in [0.2, 0.25) is 0 Å². The van der Waals surface area contributed by atoms with Gasteiger partial charge in [0, 0.05) is 11.9 Å². The average Bonchev–Trinajstić information content (AvgIpc) is 2.67. The molecule has 2 N–H and O–H groups in total. The van der Waals surface area contributed by atoms with Gasteiger partial charge < -0.3 is 10.5 Å². The predicted molar refractivity (Wildman–Crippen MR) is 73.3 cm³/mol.